The minimum atomic E-state index is -0.141. The molecule has 19 heavy (non-hydrogen) atoms. The maximum Gasteiger partial charge on any atom is 0.237 e. The predicted molar refractivity (Wildman–Crippen MR) is 80.1 cm³/mol. The van der Waals surface area contributed by atoms with E-state index in [-0.39, 0.29) is 18.0 Å². The fourth-order valence-corrected chi connectivity index (χ4v) is 1.92. The van der Waals surface area contributed by atoms with Crippen LogP contribution >= 0.6 is 0 Å². The molecule has 0 spiro atoms. The molecule has 2 N–H and O–H groups in total. The molecule has 0 saturated carbocycles. The van der Waals surface area contributed by atoms with Gasteiger partial charge in [0, 0.05) is 0 Å². The van der Waals surface area contributed by atoms with Crippen molar-refractivity contribution in [1.29, 1.82) is 0 Å². The molecule has 0 bridgehead atoms. The summed E-state index contributed by atoms with van der Waals surface area (Å²) < 4.78 is 0. The van der Waals surface area contributed by atoms with E-state index in [4.69, 9.17) is 0 Å². The lowest BCUT2D eigenvalue weighted by Crippen LogP contribution is -2.43. The highest BCUT2D eigenvalue weighted by atomic mass is 16.2. The van der Waals surface area contributed by atoms with Crippen molar-refractivity contribution in [2.24, 2.45) is 0 Å². The fourth-order valence-electron chi connectivity index (χ4n) is 1.92. The van der Waals surface area contributed by atoms with E-state index in [0.29, 0.717) is 0 Å². The van der Waals surface area contributed by atoms with E-state index in [0.717, 1.165) is 24.9 Å². The van der Waals surface area contributed by atoms with Crippen LogP contribution in [-0.4, -0.2) is 18.5 Å². The molecule has 0 heterocycles. The van der Waals surface area contributed by atoms with Gasteiger partial charge in [0.25, 0.3) is 0 Å². The average molecular weight is 262 g/mol. The van der Waals surface area contributed by atoms with E-state index in [9.17, 15) is 4.79 Å². The Morgan fingerprint density at radius 3 is 2.32 bits per heavy atom. The Hall–Kier alpha value is -1.35. The van der Waals surface area contributed by atoms with E-state index >= 15 is 0 Å². The summed E-state index contributed by atoms with van der Waals surface area (Å²) in [6.45, 7) is 9.02. The first kappa shape index (κ1) is 15.7. The zero-order valence-electron chi connectivity index (χ0n) is 12.5. The lowest BCUT2D eigenvalue weighted by molar-refractivity contribution is -0.123. The van der Waals surface area contributed by atoms with Crippen LogP contribution in [0.3, 0.4) is 0 Å². The molecular formula is C16H26N2O. The van der Waals surface area contributed by atoms with E-state index in [1.165, 1.54) is 5.56 Å². The lowest BCUT2D eigenvalue weighted by Gasteiger charge is -2.19. The van der Waals surface area contributed by atoms with E-state index < -0.39 is 0 Å². The summed E-state index contributed by atoms with van der Waals surface area (Å²) in [6, 6.07) is 8.33. The van der Waals surface area contributed by atoms with Gasteiger partial charge >= 0.3 is 0 Å². The Kier molecular flexibility index (Phi) is 6.57. The van der Waals surface area contributed by atoms with Crippen molar-refractivity contribution in [3.8, 4) is 0 Å². The Bertz CT molecular complexity index is 386. The van der Waals surface area contributed by atoms with Crippen LogP contribution in [0.1, 0.15) is 51.3 Å². The van der Waals surface area contributed by atoms with Gasteiger partial charge < -0.3 is 10.6 Å². The largest absolute Gasteiger partial charge is 0.348 e. The molecule has 0 aliphatic carbocycles. The van der Waals surface area contributed by atoms with Crippen molar-refractivity contribution in [3.63, 3.8) is 0 Å². The summed E-state index contributed by atoms with van der Waals surface area (Å²) in [5.41, 5.74) is 2.47. The summed E-state index contributed by atoms with van der Waals surface area (Å²) in [5.74, 6) is 0.0560. The molecule has 2 atom stereocenters. The fraction of sp³-hybridized carbons (Fsp3) is 0.562. The van der Waals surface area contributed by atoms with Crippen molar-refractivity contribution in [3.05, 3.63) is 35.4 Å². The second-order valence-electron chi connectivity index (χ2n) is 5.00. The van der Waals surface area contributed by atoms with Crippen LogP contribution in [0, 0.1) is 0 Å². The number of carbonyl (C=O) groups excluding carboxylic acids is 1. The van der Waals surface area contributed by atoms with Crippen LogP contribution in [0.25, 0.3) is 0 Å². The van der Waals surface area contributed by atoms with Crippen molar-refractivity contribution in [1.82, 2.24) is 10.6 Å². The van der Waals surface area contributed by atoms with Crippen LogP contribution in [0.5, 0.6) is 0 Å². The Labute approximate surface area is 116 Å². The third kappa shape index (κ3) is 5.03. The molecule has 1 rings (SSSR count). The van der Waals surface area contributed by atoms with E-state index in [2.05, 4.69) is 48.7 Å². The van der Waals surface area contributed by atoms with Gasteiger partial charge in [0.1, 0.15) is 0 Å². The number of rotatable bonds is 7. The van der Waals surface area contributed by atoms with Crippen LogP contribution in [-0.2, 0) is 11.2 Å². The number of amides is 1. The van der Waals surface area contributed by atoms with Gasteiger partial charge in [-0.25, -0.2) is 0 Å². The van der Waals surface area contributed by atoms with Gasteiger partial charge in [0.05, 0.1) is 12.1 Å². The SMILES string of the molecule is CCCNC(C)C(=O)NC(C)c1ccc(CC)cc1. The first-order chi connectivity index (χ1) is 9.08. The Morgan fingerprint density at radius 1 is 1.16 bits per heavy atom. The van der Waals surface area contributed by atoms with Crippen molar-refractivity contribution in [2.75, 3.05) is 6.54 Å². The minimum Gasteiger partial charge on any atom is -0.348 e. The molecule has 0 aromatic heterocycles. The molecule has 106 valence electrons. The first-order valence-electron chi connectivity index (χ1n) is 7.21. The topological polar surface area (TPSA) is 41.1 Å². The maximum absolute atomic E-state index is 12.0. The summed E-state index contributed by atoms with van der Waals surface area (Å²) >= 11 is 0. The molecule has 3 nitrogen and oxygen atoms in total. The van der Waals surface area contributed by atoms with Crippen LogP contribution in [0.4, 0.5) is 0 Å². The van der Waals surface area contributed by atoms with Gasteiger partial charge in [-0.1, -0.05) is 38.1 Å². The van der Waals surface area contributed by atoms with E-state index in [1.807, 2.05) is 13.8 Å². The number of hydrogen-bond donors (Lipinski definition) is 2. The summed E-state index contributed by atoms with van der Waals surface area (Å²) in [4.78, 5) is 12.0. The number of hydrogen-bond acceptors (Lipinski definition) is 2. The lowest BCUT2D eigenvalue weighted by atomic mass is 10.0. The summed E-state index contributed by atoms with van der Waals surface area (Å²) in [7, 11) is 0. The van der Waals surface area contributed by atoms with Gasteiger partial charge in [0.2, 0.25) is 5.91 Å². The molecular weight excluding hydrogens is 236 g/mol. The maximum atomic E-state index is 12.0. The predicted octanol–water partition coefficient (Wildman–Crippen LogP) is 2.81. The molecule has 1 amide bonds. The molecule has 0 radical (unpaired) electrons. The quantitative estimate of drug-likeness (QED) is 0.793. The number of benzene rings is 1. The third-order valence-corrected chi connectivity index (χ3v) is 3.34. The number of carbonyl (C=O) groups is 1. The van der Waals surface area contributed by atoms with Crippen LogP contribution in [0.2, 0.25) is 0 Å². The molecule has 1 aromatic rings. The normalized spacial score (nSPS) is 13.9. The minimum absolute atomic E-state index is 0.0456. The Morgan fingerprint density at radius 2 is 1.79 bits per heavy atom. The van der Waals surface area contributed by atoms with Gasteiger partial charge in [-0.15, -0.1) is 0 Å². The van der Waals surface area contributed by atoms with Crippen molar-refractivity contribution in [2.45, 2.75) is 52.6 Å². The second-order valence-corrected chi connectivity index (χ2v) is 5.00. The molecule has 3 heteroatoms. The van der Waals surface area contributed by atoms with Gasteiger partial charge in [0.15, 0.2) is 0 Å². The standard InChI is InChI=1S/C16H26N2O/c1-5-11-17-13(4)16(19)18-12(3)15-9-7-14(6-2)8-10-15/h7-10,12-13,17H,5-6,11H2,1-4H3,(H,18,19). The molecule has 0 aliphatic heterocycles. The summed E-state index contributed by atoms with van der Waals surface area (Å²) in [5, 5.41) is 6.24. The third-order valence-electron chi connectivity index (χ3n) is 3.34. The Balaban J connectivity index is 2.53. The first-order valence-corrected chi connectivity index (χ1v) is 7.21. The van der Waals surface area contributed by atoms with Crippen molar-refractivity contribution < 1.29 is 4.79 Å². The zero-order chi connectivity index (χ0) is 14.3. The summed E-state index contributed by atoms with van der Waals surface area (Å²) in [6.07, 6.45) is 2.07. The van der Waals surface area contributed by atoms with Gasteiger partial charge in [-0.05, 0) is 44.4 Å². The van der Waals surface area contributed by atoms with Gasteiger partial charge in [-0.3, -0.25) is 4.79 Å². The zero-order valence-corrected chi connectivity index (χ0v) is 12.5. The highest BCUT2D eigenvalue weighted by Gasteiger charge is 2.15. The highest BCUT2D eigenvalue weighted by molar-refractivity contribution is 5.81. The average Bonchev–Trinajstić information content (AvgIpc) is 2.44. The number of aryl methyl sites for hydroxylation is 1. The smallest absolute Gasteiger partial charge is 0.237 e. The van der Waals surface area contributed by atoms with Crippen LogP contribution < -0.4 is 10.6 Å². The van der Waals surface area contributed by atoms with Gasteiger partial charge in [-0.2, -0.15) is 0 Å². The number of nitrogens with one attached hydrogen (secondary N) is 2. The van der Waals surface area contributed by atoms with Crippen LogP contribution in [0.15, 0.2) is 24.3 Å². The molecule has 0 aliphatic rings. The monoisotopic (exact) mass is 262 g/mol. The van der Waals surface area contributed by atoms with E-state index in [1.54, 1.807) is 0 Å². The van der Waals surface area contributed by atoms with Crippen molar-refractivity contribution >= 4 is 5.91 Å². The second kappa shape index (κ2) is 7.95. The highest BCUT2D eigenvalue weighted by Crippen LogP contribution is 2.13. The molecule has 0 saturated heterocycles. The molecule has 2 unspecified atom stereocenters. The molecule has 1 aromatic carbocycles. The molecule has 0 fully saturated rings.